The van der Waals surface area contributed by atoms with E-state index in [-0.39, 0.29) is 5.91 Å². The van der Waals surface area contributed by atoms with Crippen LogP contribution in [0.5, 0.6) is 0 Å². The molecular formula is C16H25ClN4O. The molecule has 0 bridgehead atoms. The highest BCUT2D eigenvalue weighted by atomic mass is 35.5. The van der Waals surface area contributed by atoms with E-state index in [0.717, 1.165) is 44.8 Å². The summed E-state index contributed by atoms with van der Waals surface area (Å²) < 4.78 is 0. The van der Waals surface area contributed by atoms with Crippen LogP contribution in [-0.4, -0.2) is 43.5 Å². The van der Waals surface area contributed by atoms with Gasteiger partial charge in [-0.1, -0.05) is 25.4 Å². The topological polar surface area (TPSA) is 61.6 Å². The number of likely N-dealkylation sites (N-methyl/N-ethyl adjacent to an activating group) is 1. The van der Waals surface area contributed by atoms with Crippen molar-refractivity contribution in [2.24, 2.45) is 0 Å². The van der Waals surface area contributed by atoms with Crippen molar-refractivity contribution in [3.8, 4) is 0 Å². The van der Waals surface area contributed by atoms with E-state index in [1.807, 2.05) is 13.0 Å². The number of hydrogen-bond donors (Lipinski definition) is 2. The third-order valence-corrected chi connectivity index (χ3v) is 4.34. The van der Waals surface area contributed by atoms with Gasteiger partial charge >= 0.3 is 0 Å². The first kappa shape index (κ1) is 16.9. The van der Waals surface area contributed by atoms with Crippen molar-refractivity contribution in [1.29, 1.82) is 0 Å². The normalized spacial score (nSPS) is 15.9. The van der Waals surface area contributed by atoms with Crippen molar-refractivity contribution in [1.82, 2.24) is 4.90 Å². The van der Waals surface area contributed by atoms with E-state index < -0.39 is 0 Å². The standard InChI is InChI=1S/C16H25ClN4O/c1-3-5-16(22)19-14-11-15(13(18)10-12(14)17)21-8-6-20(4-2)7-9-21/h10-11H,3-9,18H2,1-2H3,(H,19,22). The van der Waals surface area contributed by atoms with Crippen LogP contribution in [0.3, 0.4) is 0 Å². The van der Waals surface area contributed by atoms with Gasteiger partial charge in [0.15, 0.2) is 0 Å². The highest BCUT2D eigenvalue weighted by molar-refractivity contribution is 6.34. The molecule has 122 valence electrons. The van der Waals surface area contributed by atoms with E-state index in [4.69, 9.17) is 17.3 Å². The van der Waals surface area contributed by atoms with Gasteiger partial charge in [0.2, 0.25) is 5.91 Å². The molecule has 1 amide bonds. The van der Waals surface area contributed by atoms with Gasteiger partial charge in [-0.3, -0.25) is 4.79 Å². The second-order valence-electron chi connectivity index (χ2n) is 5.61. The van der Waals surface area contributed by atoms with Crippen molar-refractivity contribution in [3.63, 3.8) is 0 Å². The lowest BCUT2D eigenvalue weighted by Gasteiger charge is -2.36. The molecule has 0 spiro atoms. The van der Waals surface area contributed by atoms with Gasteiger partial charge in [-0.2, -0.15) is 0 Å². The molecule has 1 aliphatic heterocycles. The number of nitrogens with two attached hydrogens (primary N) is 1. The predicted octanol–water partition coefficient (Wildman–Crippen LogP) is 2.80. The second kappa shape index (κ2) is 7.70. The number of halogens is 1. The number of anilines is 3. The van der Waals surface area contributed by atoms with Crippen molar-refractivity contribution >= 4 is 34.6 Å². The van der Waals surface area contributed by atoms with Crippen LogP contribution in [0, 0.1) is 0 Å². The summed E-state index contributed by atoms with van der Waals surface area (Å²) in [5.41, 5.74) is 8.37. The molecule has 5 nitrogen and oxygen atoms in total. The Morgan fingerprint density at radius 1 is 1.27 bits per heavy atom. The van der Waals surface area contributed by atoms with Crippen molar-refractivity contribution in [2.45, 2.75) is 26.7 Å². The molecule has 0 aliphatic carbocycles. The molecule has 0 saturated carbocycles. The lowest BCUT2D eigenvalue weighted by atomic mass is 10.2. The fourth-order valence-corrected chi connectivity index (χ4v) is 2.91. The van der Waals surface area contributed by atoms with Gasteiger partial charge < -0.3 is 20.9 Å². The number of nitrogens with one attached hydrogen (secondary N) is 1. The number of amides is 1. The van der Waals surface area contributed by atoms with Crippen LogP contribution in [0.15, 0.2) is 12.1 Å². The second-order valence-corrected chi connectivity index (χ2v) is 6.02. The maximum atomic E-state index is 11.8. The summed E-state index contributed by atoms with van der Waals surface area (Å²) in [6.07, 6.45) is 1.30. The number of rotatable bonds is 5. The monoisotopic (exact) mass is 324 g/mol. The van der Waals surface area contributed by atoms with E-state index >= 15 is 0 Å². The molecule has 6 heteroatoms. The molecule has 1 fully saturated rings. The zero-order valence-corrected chi connectivity index (χ0v) is 14.1. The quantitative estimate of drug-likeness (QED) is 0.818. The Labute approximate surface area is 137 Å². The van der Waals surface area contributed by atoms with Crippen LogP contribution in [0.25, 0.3) is 0 Å². The number of carbonyl (C=O) groups is 1. The minimum atomic E-state index is -0.0177. The van der Waals surface area contributed by atoms with E-state index in [0.29, 0.717) is 22.8 Å². The van der Waals surface area contributed by atoms with Gasteiger partial charge in [0, 0.05) is 32.6 Å². The van der Waals surface area contributed by atoms with E-state index in [9.17, 15) is 4.79 Å². The fraction of sp³-hybridized carbons (Fsp3) is 0.562. The average Bonchev–Trinajstić information content (AvgIpc) is 2.50. The van der Waals surface area contributed by atoms with Gasteiger partial charge in [0.1, 0.15) is 0 Å². The Morgan fingerprint density at radius 2 is 1.95 bits per heavy atom. The largest absolute Gasteiger partial charge is 0.397 e. The number of piperazine rings is 1. The third kappa shape index (κ3) is 4.05. The molecule has 1 aromatic rings. The first-order chi connectivity index (χ1) is 10.5. The van der Waals surface area contributed by atoms with Gasteiger partial charge in [0.05, 0.1) is 22.1 Å². The summed E-state index contributed by atoms with van der Waals surface area (Å²) in [5, 5.41) is 3.36. The van der Waals surface area contributed by atoms with Crippen LogP contribution in [0.2, 0.25) is 5.02 Å². The molecule has 0 radical (unpaired) electrons. The SMILES string of the molecule is CCCC(=O)Nc1cc(N2CCN(CC)CC2)c(N)cc1Cl. The molecule has 3 N–H and O–H groups in total. The van der Waals surface area contributed by atoms with E-state index in [1.54, 1.807) is 6.07 Å². The van der Waals surface area contributed by atoms with E-state index in [1.165, 1.54) is 0 Å². The molecule has 2 rings (SSSR count). The Bertz CT molecular complexity index is 527. The molecule has 0 aromatic heterocycles. The molecule has 1 aromatic carbocycles. The zero-order chi connectivity index (χ0) is 16.1. The molecule has 0 unspecified atom stereocenters. The molecule has 22 heavy (non-hydrogen) atoms. The van der Waals surface area contributed by atoms with Crippen molar-refractivity contribution < 1.29 is 4.79 Å². The van der Waals surface area contributed by atoms with Gasteiger partial charge in [-0.25, -0.2) is 0 Å². The van der Waals surface area contributed by atoms with Crippen molar-refractivity contribution in [2.75, 3.05) is 48.7 Å². The maximum Gasteiger partial charge on any atom is 0.224 e. The molecule has 1 heterocycles. The minimum Gasteiger partial charge on any atom is -0.397 e. The molecule has 1 saturated heterocycles. The summed E-state index contributed by atoms with van der Waals surface area (Å²) in [5.74, 6) is -0.0177. The lowest BCUT2D eigenvalue weighted by Crippen LogP contribution is -2.46. The number of nitrogen functional groups attached to an aromatic ring is 1. The van der Waals surface area contributed by atoms with Crippen LogP contribution >= 0.6 is 11.6 Å². The summed E-state index contributed by atoms with van der Waals surface area (Å²) in [4.78, 5) is 16.5. The van der Waals surface area contributed by atoms with Crippen molar-refractivity contribution in [3.05, 3.63) is 17.2 Å². The minimum absolute atomic E-state index is 0.0177. The van der Waals surface area contributed by atoms with Gasteiger partial charge in [0.25, 0.3) is 0 Å². The fourth-order valence-electron chi connectivity index (χ4n) is 2.69. The van der Waals surface area contributed by atoms with Crippen LogP contribution in [0.1, 0.15) is 26.7 Å². The Kier molecular flexibility index (Phi) is 5.91. The first-order valence-corrected chi connectivity index (χ1v) is 8.29. The van der Waals surface area contributed by atoms with Gasteiger partial charge in [-0.05, 0) is 25.1 Å². The smallest absolute Gasteiger partial charge is 0.224 e. The number of benzene rings is 1. The third-order valence-electron chi connectivity index (χ3n) is 4.03. The molecule has 1 aliphatic rings. The predicted molar refractivity (Wildman–Crippen MR) is 93.7 cm³/mol. The van der Waals surface area contributed by atoms with E-state index in [2.05, 4.69) is 22.0 Å². The Morgan fingerprint density at radius 3 is 2.55 bits per heavy atom. The number of nitrogens with zero attached hydrogens (tertiary/aromatic N) is 2. The Hall–Kier alpha value is -1.46. The van der Waals surface area contributed by atoms with Crippen LogP contribution < -0.4 is 16.0 Å². The maximum absolute atomic E-state index is 11.8. The highest BCUT2D eigenvalue weighted by Crippen LogP contribution is 2.34. The van der Waals surface area contributed by atoms with Crippen LogP contribution in [0.4, 0.5) is 17.1 Å². The first-order valence-electron chi connectivity index (χ1n) is 7.91. The highest BCUT2D eigenvalue weighted by Gasteiger charge is 2.19. The Balaban J connectivity index is 2.16. The average molecular weight is 325 g/mol. The molecular weight excluding hydrogens is 300 g/mol. The van der Waals surface area contributed by atoms with Crippen LogP contribution in [-0.2, 0) is 4.79 Å². The van der Waals surface area contributed by atoms with Gasteiger partial charge in [-0.15, -0.1) is 0 Å². The summed E-state index contributed by atoms with van der Waals surface area (Å²) in [6.45, 7) is 9.13. The zero-order valence-electron chi connectivity index (χ0n) is 13.4. The summed E-state index contributed by atoms with van der Waals surface area (Å²) >= 11 is 6.21. The summed E-state index contributed by atoms with van der Waals surface area (Å²) in [6, 6.07) is 3.62. The lowest BCUT2D eigenvalue weighted by molar-refractivity contribution is -0.116. The number of carbonyl (C=O) groups excluding carboxylic acids is 1. The molecule has 0 atom stereocenters. The summed E-state index contributed by atoms with van der Waals surface area (Å²) in [7, 11) is 0. The number of hydrogen-bond acceptors (Lipinski definition) is 4.